The summed E-state index contributed by atoms with van der Waals surface area (Å²) in [7, 11) is 0. The number of benzene rings is 2. The van der Waals surface area contributed by atoms with E-state index in [1.165, 1.54) is 0 Å². The highest BCUT2D eigenvalue weighted by Gasteiger charge is 2.10. The van der Waals surface area contributed by atoms with Crippen LogP contribution in [0, 0.1) is 13.8 Å². The topological polar surface area (TPSA) is 58.2 Å². The lowest BCUT2D eigenvalue weighted by Gasteiger charge is -2.08. The Hall–Kier alpha value is -2.62. The molecule has 0 aromatic heterocycles. The molecule has 0 atom stereocenters. The fraction of sp³-hybridized carbons (Fsp3) is 0.176. The number of rotatable bonds is 4. The molecule has 2 rings (SSSR count). The van der Waals surface area contributed by atoms with Crippen LogP contribution in [0.15, 0.2) is 48.5 Å². The van der Waals surface area contributed by atoms with E-state index in [1.54, 1.807) is 0 Å². The number of carbonyl (C=O) groups is 2. The molecule has 4 heteroatoms. The van der Waals surface area contributed by atoms with Crippen LogP contribution in [-0.2, 0) is 9.59 Å². The van der Waals surface area contributed by atoms with E-state index in [9.17, 15) is 9.59 Å². The summed E-state index contributed by atoms with van der Waals surface area (Å²) < 4.78 is 0. The lowest BCUT2D eigenvalue weighted by Crippen LogP contribution is -2.21. The highest BCUT2D eigenvalue weighted by Crippen LogP contribution is 2.13. The maximum Gasteiger partial charge on any atom is 0.233 e. The molecule has 108 valence electrons. The molecule has 2 aromatic rings. The van der Waals surface area contributed by atoms with Gasteiger partial charge in [0.25, 0.3) is 0 Å². The summed E-state index contributed by atoms with van der Waals surface area (Å²) in [6.07, 6.45) is -0.206. The predicted molar refractivity (Wildman–Crippen MR) is 84.2 cm³/mol. The minimum atomic E-state index is -0.329. The van der Waals surface area contributed by atoms with Gasteiger partial charge in [0.15, 0.2) is 0 Å². The van der Waals surface area contributed by atoms with Crippen molar-refractivity contribution in [2.75, 3.05) is 10.6 Å². The van der Waals surface area contributed by atoms with Gasteiger partial charge in [-0.15, -0.1) is 0 Å². The third-order valence-electron chi connectivity index (χ3n) is 3.08. The maximum absolute atomic E-state index is 11.8. The van der Waals surface area contributed by atoms with E-state index < -0.39 is 0 Å². The molecule has 0 aliphatic rings. The van der Waals surface area contributed by atoms with Crippen LogP contribution in [0.1, 0.15) is 17.5 Å². The Balaban J connectivity index is 1.89. The van der Waals surface area contributed by atoms with Crippen molar-refractivity contribution in [3.8, 4) is 0 Å². The van der Waals surface area contributed by atoms with Gasteiger partial charge in [0.05, 0.1) is 0 Å². The van der Waals surface area contributed by atoms with Gasteiger partial charge in [-0.3, -0.25) is 9.59 Å². The molecular weight excluding hydrogens is 264 g/mol. The fourth-order valence-electron chi connectivity index (χ4n) is 1.90. The van der Waals surface area contributed by atoms with Crippen LogP contribution in [0.3, 0.4) is 0 Å². The molecule has 0 fully saturated rings. The van der Waals surface area contributed by atoms with Crippen LogP contribution in [0.25, 0.3) is 0 Å². The van der Waals surface area contributed by atoms with Crippen LogP contribution < -0.4 is 10.6 Å². The van der Waals surface area contributed by atoms with Crippen LogP contribution >= 0.6 is 0 Å². The normalized spacial score (nSPS) is 10.0. The molecule has 0 heterocycles. The van der Waals surface area contributed by atoms with Gasteiger partial charge in [0.2, 0.25) is 11.8 Å². The quantitative estimate of drug-likeness (QED) is 0.846. The van der Waals surface area contributed by atoms with E-state index in [2.05, 4.69) is 10.6 Å². The van der Waals surface area contributed by atoms with E-state index in [0.717, 1.165) is 16.8 Å². The molecule has 21 heavy (non-hydrogen) atoms. The van der Waals surface area contributed by atoms with Crippen molar-refractivity contribution >= 4 is 23.2 Å². The molecule has 0 aliphatic carbocycles. The second kappa shape index (κ2) is 6.70. The van der Waals surface area contributed by atoms with Gasteiger partial charge in [-0.25, -0.2) is 0 Å². The first-order valence-electron chi connectivity index (χ1n) is 6.76. The number of carbonyl (C=O) groups excluding carboxylic acids is 2. The zero-order chi connectivity index (χ0) is 15.2. The second-order valence-electron chi connectivity index (χ2n) is 4.95. The summed E-state index contributed by atoms with van der Waals surface area (Å²) in [6, 6.07) is 14.9. The molecule has 0 bridgehead atoms. The summed E-state index contributed by atoms with van der Waals surface area (Å²) in [5, 5.41) is 5.44. The first-order valence-corrected chi connectivity index (χ1v) is 6.76. The van der Waals surface area contributed by atoms with Crippen molar-refractivity contribution < 1.29 is 9.59 Å². The number of anilines is 2. The third kappa shape index (κ3) is 4.45. The van der Waals surface area contributed by atoms with E-state index in [1.807, 2.05) is 62.4 Å². The highest BCUT2D eigenvalue weighted by atomic mass is 16.2. The van der Waals surface area contributed by atoms with Crippen LogP contribution in [0.4, 0.5) is 11.4 Å². The average Bonchev–Trinajstić information content (AvgIpc) is 2.44. The Kier molecular flexibility index (Phi) is 4.72. The standard InChI is InChI=1S/C17H18N2O2/c1-12-7-9-14(10-8-12)18-16(20)11-17(21)19-15-6-4-3-5-13(15)2/h3-10H,11H2,1-2H3,(H,18,20)(H,19,21). The van der Waals surface area contributed by atoms with E-state index in [0.29, 0.717) is 5.69 Å². The first-order chi connectivity index (χ1) is 10.0. The fourth-order valence-corrected chi connectivity index (χ4v) is 1.90. The Morgan fingerprint density at radius 3 is 2.14 bits per heavy atom. The lowest BCUT2D eigenvalue weighted by molar-refractivity contribution is -0.123. The number of nitrogens with one attached hydrogen (secondary N) is 2. The molecule has 0 radical (unpaired) electrons. The summed E-state index contributed by atoms with van der Waals surface area (Å²) in [4.78, 5) is 23.7. The summed E-state index contributed by atoms with van der Waals surface area (Å²) in [5.74, 6) is -0.654. The SMILES string of the molecule is Cc1ccc(NC(=O)CC(=O)Nc2ccccc2C)cc1. The van der Waals surface area contributed by atoms with Gasteiger partial charge in [0.1, 0.15) is 6.42 Å². The van der Waals surface area contributed by atoms with Crippen molar-refractivity contribution in [3.05, 3.63) is 59.7 Å². The van der Waals surface area contributed by atoms with Crippen molar-refractivity contribution in [1.29, 1.82) is 0 Å². The van der Waals surface area contributed by atoms with Gasteiger partial charge < -0.3 is 10.6 Å². The van der Waals surface area contributed by atoms with Gasteiger partial charge in [-0.2, -0.15) is 0 Å². The van der Waals surface area contributed by atoms with Crippen LogP contribution in [0.2, 0.25) is 0 Å². The van der Waals surface area contributed by atoms with Gasteiger partial charge in [-0.05, 0) is 37.6 Å². The molecule has 2 N–H and O–H groups in total. The smallest absolute Gasteiger partial charge is 0.233 e. The Morgan fingerprint density at radius 1 is 0.857 bits per heavy atom. The zero-order valence-corrected chi connectivity index (χ0v) is 12.1. The number of para-hydroxylation sites is 1. The molecule has 0 saturated carbocycles. The summed E-state index contributed by atoms with van der Waals surface area (Å²) in [5.41, 5.74) is 3.50. The Morgan fingerprint density at radius 2 is 1.48 bits per heavy atom. The number of aryl methyl sites for hydroxylation is 2. The van der Waals surface area contributed by atoms with Crippen molar-refractivity contribution in [2.24, 2.45) is 0 Å². The van der Waals surface area contributed by atoms with Gasteiger partial charge >= 0.3 is 0 Å². The predicted octanol–water partition coefficient (Wildman–Crippen LogP) is 3.27. The highest BCUT2D eigenvalue weighted by molar-refractivity contribution is 6.08. The molecule has 0 unspecified atom stereocenters. The zero-order valence-electron chi connectivity index (χ0n) is 12.1. The molecule has 0 saturated heterocycles. The molecule has 4 nitrogen and oxygen atoms in total. The van der Waals surface area contributed by atoms with E-state index >= 15 is 0 Å². The summed E-state index contributed by atoms with van der Waals surface area (Å²) in [6.45, 7) is 3.88. The van der Waals surface area contributed by atoms with E-state index in [4.69, 9.17) is 0 Å². The monoisotopic (exact) mass is 282 g/mol. The van der Waals surface area contributed by atoms with Crippen LogP contribution in [-0.4, -0.2) is 11.8 Å². The van der Waals surface area contributed by atoms with E-state index in [-0.39, 0.29) is 18.2 Å². The minimum absolute atomic E-state index is 0.206. The Labute approximate surface area is 124 Å². The molecular formula is C17H18N2O2. The van der Waals surface area contributed by atoms with Gasteiger partial charge in [-0.1, -0.05) is 35.9 Å². The van der Waals surface area contributed by atoms with Crippen LogP contribution in [0.5, 0.6) is 0 Å². The maximum atomic E-state index is 11.8. The van der Waals surface area contributed by atoms with Crippen molar-refractivity contribution in [1.82, 2.24) is 0 Å². The number of amides is 2. The molecule has 0 spiro atoms. The molecule has 2 aromatic carbocycles. The Bertz CT molecular complexity index is 648. The van der Waals surface area contributed by atoms with Crippen molar-refractivity contribution in [2.45, 2.75) is 20.3 Å². The third-order valence-corrected chi connectivity index (χ3v) is 3.08. The van der Waals surface area contributed by atoms with Crippen molar-refractivity contribution in [3.63, 3.8) is 0 Å². The second-order valence-corrected chi connectivity index (χ2v) is 4.95. The lowest BCUT2D eigenvalue weighted by atomic mass is 10.2. The average molecular weight is 282 g/mol. The molecule has 0 aliphatic heterocycles. The van der Waals surface area contributed by atoms with Gasteiger partial charge in [0, 0.05) is 11.4 Å². The number of hydrogen-bond acceptors (Lipinski definition) is 2. The number of hydrogen-bond donors (Lipinski definition) is 2. The minimum Gasteiger partial charge on any atom is -0.326 e. The largest absolute Gasteiger partial charge is 0.326 e. The molecule has 2 amide bonds. The summed E-state index contributed by atoms with van der Waals surface area (Å²) >= 11 is 0. The first kappa shape index (κ1) is 14.8.